The number of carbonyl (C=O) groups is 2. The van der Waals surface area contributed by atoms with Crippen LogP contribution < -0.4 is 10.0 Å². The summed E-state index contributed by atoms with van der Waals surface area (Å²) in [6.45, 7) is 3.83. The first-order chi connectivity index (χ1) is 13.7. The molecule has 1 aromatic heterocycles. The van der Waals surface area contributed by atoms with Crippen molar-refractivity contribution < 1.29 is 27.3 Å². The van der Waals surface area contributed by atoms with Gasteiger partial charge in [-0.3, -0.25) is 9.59 Å². The standard InChI is InChI=1S/C19H25N3O6S/c1-4-8-16(15-9-6-5-7-10-15)21-17(23)12-27-18(24)11-20-29(25,26)19-13(2)22-28-14(19)3/h5-7,9-10,16,20H,4,8,11-12H2,1-3H3,(H,21,23)/t16-/m1/s1. The minimum Gasteiger partial charge on any atom is -0.455 e. The van der Waals surface area contributed by atoms with Crippen LogP contribution in [0.5, 0.6) is 0 Å². The predicted molar refractivity (Wildman–Crippen MR) is 104 cm³/mol. The van der Waals surface area contributed by atoms with E-state index in [1.54, 1.807) is 0 Å². The van der Waals surface area contributed by atoms with Crippen molar-refractivity contribution >= 4 is 21.9 Å². The fourth-order valence-electron chi connectivity index (χ4n) is 2.81. The van der Waals surface area contributed by atoms with E-state index < -0.39 is 35.1 Å². The Morgan fingerprint density at radius 3 is 2.48 bits per heavy atom. The molecule has 0 saturated carbocycles. The lowest BCUT2D eigenvalue weighted by Gasteiger charge is -2.18. The number of carbonyl (C=O) groups excluding carboxylic acids is 2. The molecule has 2 N–H and O–H groups in total. The van der Waals surface area contributed by atoms with Crippen LogP contribution in [0.2, 0.25) is 0 Å². The minimum absolute atomic E-state index is 0.116. The Hall–Kier alpha value is -2.72. The highest BCUT2D eigenvalue weighted by molar-refractivity contribution is 7.89. The van der Waals surface area contributed by atoms with Crippen molar-refractivity contribution in [1.82, 2.24) is 15.2 Å². The molecule has 0 aliphatic heterocycles. The third-order valence-corrected chi connectivity index (χ3v) is 5.77. The van der Waals surface area contributed by atoms with Crippen LogP contribution in [0.1, 0.15) is 42.8 Å². The van der Waals surface area contributed by atoms with E-state index in [0.29, 0.717) is 0 Å². The van der Waals surface area contributed by atoms with Crippen LogP contribution in [-0.4, -0.2) is 38.6 Å². The van der Waals surface area contributed by atoms with Crippen LogP contribution in [0, 0.1) is 13.8 Å². The van der Waals surface area contributed by atoms with Gasteiger partial charge in [0.25, 0.3) is 5.91 Å². The highest BCUT2D eigenvalue weighted by atomic mass is 32.2. The van der Waals surface area contributed by atoms with Gasteiger partial charge in [-0.2, -0.15) is 4.72 Å². The summed E-state index contributed by atoms with van der Waals surface area (Å²) in [6.07, 6.45) is 1.60. The molecule has 1 amide bonds. The van der Waals surface area contributed by atoms with E-state index in [0.717, 1.165) is 18.4 Å². The molecule has 0 saturated heterocycles. The summed E-state index contributed by atoms with van der Waals surface area (Å²) < 4.78 is 36.3. The molecule has 0 bridgehead atoms. The number of hydrogen-bond acceptors (Lipinski definition) is 7. The molecule has 29 heavy (non-hydrogen) atoms. The van der Waals surface area contributed by atoms with Crippen LogP contribution in [0.3, 0.4) is 0 Å². The maximum Gasteiger partial charge on any atom is 0.321 e. The second-order valence-electron chi connectivity index (χ2n) is 6.46. The highest BCUT2D eigenvalue weighted by Gasteiger charge is 2.25. The molecule has 0 unspecified atom stereocenters. The molecule has 2 rings (SSSR count). The van der Waals surface area contributed by atoms with Crippen LogP contribution in [0.4, 0.5) is 0 Å². The number of aryl methyl sites for hydroxylation is 2. The average molecular weight is 423 g/mol. The third-order valence-electron chi connectivity index (χ3n) is 4.12. The van der Waals surface area contributed by atoms with Crippen molar-refractivity contribution in [3.63, 3.8) is 0 Å². The number of hydrogen-bond donors (Lipinski definition) is 2. The van der Waals surface area contributed by atoms with Gasteiger partial charge in [-0.05, 0) is 25.8 Å². The summed E-state index contributed by atoms with van der Waals surface area (Å²) in [5.74, 6) is -1.22. The minimum atomic E-state index is -3.98. The first-order valence-corrected chi connectivity index (χ1v) is 10.7. The maximum atomic E-state index is 12.3. The summed E-state index contributed by atoms with van der Waals surface area (Å²) >= 11 is 0. The molecule has 10 heteroatoms. The summed E-state index contributed by atoms with van der Waals surface area (Å²) in [5.41, 5.74) is 1.15. The molecule has 0 radical (unpaired) electrons. The Labute approximate surface area is 169 Å². The Bertz CT molecular complexity index is 921. The van der Waals surface area contributed by atoms with Gasteiger partial charge < -0.3 is 14.6 Å². The van der Waals surface area contributed by atoms with Crippen molar-refractivity contribution in [2.24, 2.45) is 0 Å². The van der Waals surface area contributed by atoms with Gasteiger partial charge >= 0.3 is 5.97 Å². The van der Waals surface area contributed by atoms with Gasteiger partial charge in [0.1, 0.15) is 17.1 Å². The quantitative estimate of drug-likeness (QED) is 0.557. The second-order valence-corrected chi connectivity index (χ2v) is 8.16. The Kier molecular flexibility index (Phi) is 7.91. The van der Waals surface area contributed by atoms with Crippen LogP contribution >= 0.6 is 0 Å². The lowest BCUT2D eigenvalue weighted by Crippen LogP contribution is -2.35. The first kappa shape index (κ1) is 22.6. The molecule has 1 atom stereocenters. The summed E-state index contributed by atoms with van der Waals surface area (Å²) in [5, 5.41) is 6.40. The van der Waals surface area contributed by atoms with Gasteiger partial charge in [-0.25, -0.2) is 8.42 Å². The lowest BCUT2D eigenvalue weighted by molar-refractivity contribution is -0.147. The van der Waals surface area contributed by atoms with Crippen molar-refractivity contribution in [2.75, 3.05) is 13.2 Å². The number of sulfonamides is 1. The molecule has 0 spiro atoms. The lowest BCUT2D eigenvalue weighted by atomic mass is 10.0. The van der Waals surface area contributed by atoms with E-state index in [2.05, 4.69) is 15.2 Å². The zero-order valence-electron chi connectivity index (χ0n) is 16.6. The molecule has 0 fully saturated rings. The Balaban J connectivity index is 1.84. The second kappa shape index (κ2) is 10.2. The van der Waals surface area contributed by atoms with Crippen LogP contribution in [-0.2, 0) is 24.3 Å². The number of ether oxygens (including phenoxy) is 1. The summed E-state index contributed by atoms with van der Waals surface area (Å²) in [7, 11) is -3.98. The SMILES string of the molecule is CCC[C@@H](NC(=O)COC(=O)CNS(=O)(=O)c1c(C)noc1C)c1ccccc1. The summed E-state index contributed by atoms with van der Waals surface area (Å²) in [4.78, 5) is 23.9. The van der Waals surface area contributed by atoms with E-state index in [9.17, 15) is 18.0 Å². The van der Waals surface area contributed by atoms with Crippen molar-refractivity contribution in [1.29, 1.82) is 0 Å². The van der Waals surface area contributed by atoms with Crippen molar-refractivity contribution in [3.8, 4) is 0 Å². The molecule has 158 valence electrons. The van der Waals surface area contributed by atoms with Gasteiger partial charge in [-0.1, -0.05) is 48.8 Å². The molecule has 9 nitrogen and oxygen atoms in total. The fourth-order valence-corrected chi connectivity index (χ4v) is 4.11. The maximum absolute atomic E-state index is 12.3. The molecule has 1 aromatic carbocycles. The number of nitrogens with zero attached hydrogens (tertiary/aromatic N) is 1. The van der Waals surface area contributed by atoms with E-state index >= 15 is 0 Å². The normalized spacial score (nSPS) is 12.4. The van der Waals surface area contributed by atoms with E-state index in [1.165, 1.54) is 13.8 Å². The number of rotatable bonds is 10. The number of amides is 1. The topological polar surface area (TPSA) is 128 Å². The van der Waals surface area contributed by atoms with E-state index in [1.807, 2.05) is 37.3 Å². The number of esters is 1. The zero-order chi connectivity index (χ0) is 21.4. The van der Waals surface area contributed by atoms with Crippen molar-refractivity contribution in [3.05, 3.63) is 47.3 Å². The molecule has 0 aliphatic rings. The first-order valence-electron chi connectivity index (χ1n) is 9.17. The summed E-state index contributed by atoms with van der Waals surface area (Å²) in [6, 6.07) is 9.29. The smallest absolute Gasteiger partial charge is 0.321 e. The molecule has 1 heterocycles. The molecule has 2 aromatic rings. The molecular formula is C19H25N3O6S. The Morgan fingerprint density at radius 2 is 1.90 bits per heavy atom. The number of aromatic nitrogens is 1. The van der Waals surface area contributed by atoms with Gasteiger partial charge in [-0.15, -0.1) is 0 Å². The van der Waals surface area contributed by atoms with Crippen LogP contribution in [0.15, 0.2) is 39.8 Å². The average Bonchev–Trinajstić information content (AvgIpc) is 3.04. The number of nitrogens with one attached hydrogen (secondary N) is 2. The van der Waals surface area contributed by atoms with Crippen LogP contribution in [0.25, 0.3) is 0 Å². The zero-order valence-corrected chi connectivity index (χ0v) is 17.4. The third kappa shape index (κ3) is 6.40. The van der Waals surface area contributed by atoms with Gasteiger partial charge in [0.15, 0.2) is 12.4 Å². The van der Waals surface area contributed by atoms with Gasteiger partial charge in [0, 0.05) is 0 Å². The highest BCUT2D eigenvalue weighted by Crippen LogP contribution is 2.19. The van der Waals surface area contributed by atoms with E-state index in [4.69, 9.17) is 9.26 Å². The number of benzene rings is 1. The molecule has 0 aliphatic carbocycles. The van der Waals surface area contributed by atoms with Gasteiger partial charge in [0.05, 0.1) is 6.04 Å². The van der Waals surface area contributed by atoms with Gasteiger partial charge in [0.2, 0.25) is 10.0 Å². The van der Waals surface area contributed by atoms with Crippen molar-refractivity contribution in [2.45, 2.75) is 44.6 Å². The van der Waals surface area contributed by atoms with E-state index in [-0.39, 0.29) is 22.4 Å². The molecular weight excluding hydrogens is 398 g/mol. The predicted octanol–water partition coefficient (Wildman–Crippen LogP) is 1.77. The fraction of sp³-hybridized carbons (Fsp3) is 0.421. The largest absolute Gasteiger partial charge is 0.455 e. The monoisotopic (exact) mass is 423 g/mol. The Morgan fingerprint density at radius 1 is 1.21 bits per heavy atom.